The molecule has 9 heteroatoms. The van der Waals surface area contributed by atoms with Crippen LogP contribution in [-0.4, -0.2) is 58.1 Å². The Morgan fingerprint density at radius 1 is 1.29 bits per heavy atom. The van der Waals surface area contributed by atoms with Gasteiger partial charge >= 0.3 is 0 Å². The van der Waals surface area contributed by atoms with Crippen molar-refractivity contribution in [2.75, 3.05) is 30.4 Å². The summed E-state index contributed by atoms with van der Waals surface area (Å²) in [6, 6.07) is 7.91. The van der Waals surface area contributed by atoms with E-state index in [9.17, 15) is 9.59 Å². The summed E-state index contributed by atoms with van der Waals surface area (Å²) in [6.45, 7) is 9.06. The van der Waals surface area contributed by atoms with Crippen LogP contribution in [0.2, 0.25) is 0 Å². The number of carbonyl (C=O) groups is 2. The first-order chi connectivity index (χ1) is 14.8. The van der Waals surface area contributed by atoms with Gasteiger partial charge in [-0.3, -0.25) is 9.59 Å². The molecule has 2 heterocycles. The van der Waals surface area contributed by atoms with Crippen LogP contribution in [0.3, 0.4) is 0 Å². The molecular formula is C22H29N7O2. The van der Waals surface area contributed by atoms with Gasteiger partial charge in [0.25, 0.3) is 5.91 Å². The van der Waals surface area contributed by atoms with Crippen molar-refractivity contribution >= 4 is 29.3 Å². The molecule has 0 spiro atoms. The molecule has 31 heavy (non-hydrogen) atoms. The summed E-state index contributed by atoms with van der Waals surface area (Å²) < 4.78 is 0. The lowest BCUT2D eigenvalue weighted by molar-refractivity contribution is -0.127. The quantitative estimate of drug-likeness (QED) is 0.657. The zero-order chi connectivity index (χ0) is 22.5. The Balaban J connectivity index is 1.84. The standard InChI is InChI=1S/C22H29N7O2/c1-5-18(30)29-12-6-7-17(13-29)28(4)22-25-21(19(20(23)31)26-27-22)24-16-10-8-15(9-11-16)14(2)3/h5,8-11,14,17H,1,6-7,12-13H2,2-4H3,(H2,23,31)(H,24,25,27). The van der Waals surface area contributed by atoms with Gasteiger partial charge in [0.05, 0.1) is 0 Å². The van der Waals surface area contributed by atoms with E-state index in [1.54, 1.807) is 4.90 Å². The maximum absolute atomic E-state index is 12.0. The van der Waals surface area contributed by atoms with Crippen molar-refractivity contribution in [2.24, 2.45) is 5.73 Å². The monoisotopic (exact) mass is 423 g/mol. The predicted molar refractivity (Wildman–Crippen MR) is 120 cm³/mol. The molecule has 3 N–H and O–H groups in total. The van der Waals surface area contributed by atoms with Crippen molar-refractivity contribution in [3.63, 3.8) is 0 Å². The SMILES string of the molecule is C=CC(=O)N1CCCC(N(C)c2nnc(C(N)=O)c(Nc3ccc(C(C)C)cc3)n2)C1. The number of nitrogens with one attached hydrogen (secondary N) is 1. The third-order valence-electron chi connectivity index (χ3n) is 5.50. The van der Waals surface area contributed by atoms with E-state index < -0.39 is 5.91 Å². The zero-order valence-electron chi connectivity index (χ0n) is 18.2. The summed E-state index contributed by atoms with van der Waals surface area (Å²) >= 11 is 0. The molecule has 164 valence electrons. The number of nitrogens with two attached hydrogens (primary N) is 1. The van der Waals surface area contributed by atoms with E-state index >= 15 is 0 Å². The summed E-state index contributed by atoms with van der Waals surface area (Å²) in [7, 11) is 1.86. The number of hydrogen-bond donors (Lipinski definition) is 2. The number of nitrogens with zero attached hydrogens (tertiary/aromatic N) is 5. The molecule has 9 nitrogen and oxygen atoms in total. The van der Waals surface area contributed by atoms with Gasteiger partial charge in [0.2, 0.25) is 11.9 Å². The average molecular weight is 424 g/mol. The van der Waals surface area contributed by atoms with Crippen LogP contribution in [-0.2, 0) is 4.79 Å². The fourth-order valence-corrected chi connectivity index (χ4v) is 3.57. The van der Waals surface area contributed by atoms with Crippen molar-refractivity contribution in [1.29, 1.82) is 0 Å². The summed E-state index contributed by atoms with van der Waals surface area (Å²) in [4.78, 5) is 32.0. The van der Waals surface area contributed by atoms with Crippen molar-refractivity contribution in [3.05, 3.63) is 48.2 Å². The molecule has 1 fully saturated rings. The third kappa shape index (κ3) is 5.17. The number of piperidine rings is 1. The topological polar surface area (TPSA) is 117 Å². The van der Waals surface area contributed by atoms with Gasteiger partial charge in [-0.15, -0.1) is 10.2 Å². The molecule has 1 aromatic carbocycles. The molecular weight excluding hydrogens is 394 g/mol. The minimum absolute atomic E-state index is 0.0250. The molecule has 1 unspecified atom stereocenters. The highest BCUT2D eigenvalue weighted by molar-refractivity contribution is 5.96. The van der Waals surface area contributed by atoms with Gasteiger partial charge in [0, 0.05) is 31.9 Å². The van der Waals surface area contributed by atoms with Gasteiger partial charge in [-0.2, -0.15) is 4.98 Å². The normalized spacial score (nSPS) is 16.1. The van der Waals surface area contributed by atoms with Crippen LogP contribution in [0, 0.1) is 0 Å². The Morgan fingerprint density at radius 3 is 2.61 bits per heavy atom. The third-order valence-corrected chi connectivity index (χ3v) is 5.50. The van der Waals surface area contributed by atoms with Gasteiger partial charge < -0.3 is 20.9 Å². The average Bonchev–Trinajstić information content (AvgIpc) is 2.78. The molecule has 0 aliphatic carbocycles. The lowest BCUT2D eigenvalue weighted by Crippen LogP contribution is -2.48. The van der Waals surface area contributed by atoms with Crippen LogP contribution in [0.4, 0.5) is 17.5 Å². The smallest absolute Gasteiger partial charge is 0.273 e. The molecule has 1 aromatic heterocycles. The maximum atomic E-state index is 12.0. The van der Waals surface area contributed by atoms with E-state index in [0.717, 1.165) is 18.5 Å². The van der Waals surface area contributed by atoms with E-state index in [1.165, 1.54) is 11.6 Å². The first-order valence-corrected chi connectivity index (χ1v) is 10.4. The number of primary amides is 1. The minimum atomic E-state index is -0.712. The summed E-state index contributed by atoms with van der Waals surface area (Å²) in [5, 5.41) is 11.3. The largest absolute Gasteiger partial charge is 0.364 e. The van der Waals surface area contributed by atoms with Gasteiger partial charge in [-0.1, -0.05) is 32.6 Å². The Labute approximate surface area is 182 Å². The van der Waals surface area contributed by atoms with Crippen LogP contribution in [0.15, 0.2) is 36.9 Å². The number of likely N-dealkylation sites (N-methyl/N-ethyl adjacent to an activating group) is 1. The highest BCUT2D eigenvalue weighted by Gasteiger charge is 2.27. The van der Waals surface area contributed by atoms with Crippen molar-refractivity contribution < 1.29 is 9.59 Å². The van der Waals surface area contributed by atoms with Crippen molar-refractivity contribution in [2.45, 2.75) is 38.6 Å². The van der Waals surface area contributed by atoms with Gasteiger partial charge in [0.1, 0.15) is 0 Å². The van der Waals surface area contributed by atoms with E-state index in [0.29, 0.717) is 25.0 Å². The molecule has 1 saturated heterocycles. The van der Waals surface area contributed by atoms with Crippen LogP contribution in [0.25, 0.3) is 0 Å². The van der Waals surface area contributed by atoms with E-state index in [1.807, 2.05) is 36.2 Å². The number of carbonyl (C=O) groups excluding carboxylic acids is 2. The summed E-state index contributed by atoms with van der Waals surface area (Å²) in [5.41, 5.74) is 7.42. The molecule has 2 aromatic rings. The van der Waals surface area contributed by atoms with Crippen LogP contribution < -0.4 is 16.0 Å². The van der Waals surface area contributed by atoms with Crippen LogP contribution >= 0.6 is 0 Å². The number of anilines is 3. The van der Waals surface area contributed by atoms with E-state index in [-0.39, 0.29) is 23.5 Å². The second-order valence-corrected chi connectivity index (χ2v) is 7.97. The first kappa shape index (κ1) is 22.2. The first-order valence-electron chi connectivity index (χ1n) is 10.4. The molecule has 0 bridgehead atoms. The Hall–Kier alpha value is -3.49. The number of amides is 2. The zero-order valence-corrected chi connectivity index (χ0v) is 18.2. The molecule has 0 radical (unpaired) electrons. The maximum Gasteiger partial charge on any atom is 0.273 e. The van der Waals surface area contributed by atoms with Crippen molar-refractivity contribution in [3.8, 4) is 0 Å². The van der Waals surface area contributed by atoms with Crippen LogP contribution in [0.1, 0.15) is 48.7 Å². The van der Waals surface area contributed by atoms with E-state index in [2.05, 4.69) is 40.9 Å². The number of rotatable bonds is 7. The Kier molecular flexibility index (Phi) is 6.84. The molecule has 1 atom stereocenters. The fraction of sp³-hybridized carbons (Fsp3) is 0.409. The minimum Gasteiger partial charge on any atom is -0.364 e. The molecule has 0 saturated carbocycles. The highest BCUT2D eigenvalue weighted by Crippen LogP contribution is 2.24. The Morgan fingerprint density at radius 2 is 2.00 bits per heavy atom. The van der Waals surface area contributed by atoms with Gasteiger partial charge in [0.15, 0.2) is 11.5 Å². The summed E-state index contributed by atoms with van der Waals surface area (Å²) in [6.07, 6.45) is 3.08. The lowest BCUT2D eigenvalue weighted by atomic mass is 10.0. The highest BCUT2D eigenvalue weighted by atomic mass is 16.2. The second kappa shape index (κ2) is 9.55. The number of likely N-dealkylation sites (tertiary alicyclic amines) is 1. The van der Waals surface area contributed by atoms with Gasteiger partial charge in [-0.05, 0) is 42.5 Å². The molecule has 1 aliphatic rings. The number of benzene rings is 1. The Bertz CT molecular complexity index is 959. The van der Waals surface area contributed by atoms with Gasteiger partial charge in [-0.25, -0.2) is 0 Å². The molecule has 2 amide bonds. The predicted octanol–water partition coefficient (Wildman–Crippen LogP) is 2.45. The lowest BCUT2D eigenvalue weighted by Gasteiger charge is -2.37. The molecule has 3 rings (SSSR count). The summed E-state index contributed by atoms with van der Waals surface area (Å²) in [5.74, 6) is 0.212. The fourth-order valence-electron chi connectivity index (χ4n) is 3.57. The van der Waals surface area contributed by atoms with Crippen molar-refractivity contribution in [1.82, 2.24) is 20.1 Å². The van der Waals surface area contributed by atoms with Crippen LogP contribution in [0.5, 0.6) is 0 Å². The number of hydrogen-bond acceptors (Lipinski definition) is 7. The molecule has 1 aliphatic heterocycles. The van der Waals surface area contributed by atoms with E-state index in [4.69, 9.17) is 5.73 Å². The number of aromatic nitrogens is 3. The second-order valence-electron chi connectivity index (χ2n) is 7.97.